The Bertz CT molecular complexity index is 329. The molecular formula is C10H17F3N2O3S. The maximum atomic E-state index is 11.9. The number of carbonyl (C=O) groups is 2. The van der Waals surface area contributed by atoms with Crippen molar-refractivity contribution < 1.29 is 27.9 Å². The molecule has 5 nitrogen and oxygen atoms in total. The molecule has 0 aliphatic carbocycles. The van der Waals surface area contributed by atoms with Gasteiger partial charge in [-0.1, -0.05) is 0 Å². The van der Waals surface area contributed by atoms with Gasteiger partial charge in [-0.25, -0.2) is 4.79 Å². The van der Waals surface area contributed by atoms with Gasteiger partial charge in [0, 0.05) is 17.8 Å². The molecule has 0 unspecified atom stereocenters. The third kappa shape index (κ3) is 8.57. The summed E-state index contributed by atoms with van der Waals surface area (Å²) in [4.78, 5) is 23.4. The molecule has 2 amide bonds. The second kappa shape index (κ2) is 6.88. The topological polar surface area (TPSA) is 69.6 Å². The average Bonchev–Trinajstić information content (AvgIpc) is 2.17. The van der Waals surface area contributed by atoms with Crippen LogP contribution in [0.2, 0.25) is 0 Å². The number of thioether (sulfide) groups is 1. The Morgan fingerprint density at radius 2 is 1.79 bits per heavy atom. The van der Waals surface area contributed by atoms with Crippen LogP contribution in [0.25, 0.3) is 0 Å². The molecule has 0 saturated carbocycles. The number of carboxylic acid groups (broad SMARTS) is 1. The maximum absolute atomic E-state index is 11.9. The molecule has 0 aromatic heterocycles. The number of amides is 2. The van der Waals surface area contributed by atoms with Gasteiger partial charge < -0.3 is 15.3 Å². The van der Waals surface area contributed by atoms with Gasteiger partial charge in [-0.05, 0) is 32.5 Å². The van der Waals surface area contributed by atoms with E-state index in [-0.39, 0.29) is 24.1 Å². The number of nitrogens with zero attached hydrogens (tertiary/aromatic N) is 1. The molecule has 2 N–H and O–H groups in total. The first-order valence-corrected chi connectivity index (χ1v) is 6.40. The fraction of sp³-hybridized carbons (Fsp3) is 0.800. The minimum atomic E-state index is -4.34. The highest BCUT2D eigenvalue weighted by atomic mass is 32.2. The number of rotatable bonds is 5. The smallest absolute Gasteiger partial charge is 0.441 e. The normalized spacial score (nSPS) is 12.1. The number of nitrogens with one attached hydrogen (secondary N) is 1. The largest absolute Gasteiger partial charge is 0.480 e. The molecule has 0 saturated heterocycles. The lowest BCUT2D eigenvalue weighted by Crippen LogP contribution is -2.52. The molecule has 0 atom stereocenters. The minimum Gasteiger partial charge on any atom is -0.480 e. The number of carboxylic acids is 1. The van der Waals surface area contributed by atoms with Crippen LogP contribution in [0.3, 0.4) is 0 Å². The van der Waals surface area contributed by atoms with Crippen LogP contribution in [0.1, 0.15) is 20.8 Å². The standard InChI is InChI=1S/C10H17F3N2O3S/c1-9(2,3)15(6-7(16)17)8(18)14-4-5-19-10(11,12)13/h4-6H2,1-3H3,(H,14,18)(H,16,17). The predicted molar refractivity (Wildman–Crippen MR) is 66.0 cm³/mol. The summed E-state index contributed by atoms with van der Waals surface area (Å²) in [7, 11) is 0. The lowest BCUT2D eigenvalue weighted by molar-refractivity contribution is -0.138. The van der Waals surface area contributed by atoms with Crippen LogP contribution in [0.4, 0.5) is 18.0 Å². The summed E-state index contributed by atoms with van der Waals surface area (Å²) in [5, 5.41) is 11.0. The number of hydrogen-bond donors (Lipinski definition) is 2. The molecule has 0 spiro atoms. The van der Waals surface area contributed by atoms with E-state index >= 15 is 0 Å². The highest BCUT2D eigenvalue weighted by Crippen LogP contribution is 2.29. The van der Waals surface area contributed by atoms with E-state index in [1.165, 1.54) is 0 Å². The van der Waals surface area contributed by atoms with Crippen LogP contribution in [-0.2, 0) is 4.79 Å². The highest BCUT2D eigenvalue weighted by molar-refractivity contribution is 8.00. The zero-order valence-electron chi connectivity index (χ0n) is 10.9. The maximum Gasteiger partial charge on any atom is 0.441 e. The Hall–Kier alpha value is -1.12. The van der Waals surface area contributed by atoms with Crippen LogP contribution < -0.4 is 5.32 Å². The number of alkyl halides is 3. The first kappa shape index (κ1) is 17.9. The Balaban J connectivity index is 4.31. The molecule has 0 bridgehead atoms. The molecule has 112 valence electrons. The van der Waals surface area contributed by atoms with Crippen molar-refractivity contribution in [1.29, 1.82) is 0 Å². The first-order valence-electron chi connectivity index (χ1n) is 5.41. The quantitative estimate of drug-likeness (QED) is 0.763. The van der Waals surface area contributed by atoms with Crippen molar-refractivity contribution in [3.63, 3.8) is 0 Å². The Morgan fingerprint density at radius 3 is 2.16 bits per heavy atom. The van der Waals surface area contributed by atoms with E-state index in [9.17, 15) is 22.8 Å². The monoisotopic (exact) mass is 302 g/mol. The summed E-state index contributed by atoms with van der Waals surface area (Å²) >= 11 is -0.241. The van der Waals surface area contributed by atoms with Crippen LogP contribution in [-0.4, -0.2) is 51.9 Å². The van der Waals surface area contributed by atoms with Crippen LogP contribution in [0.5, 0.6) is 0 Å². The van der Waals surface area contributed by atoms with E-state index in [1.54, 1.807) is 20.8 Å². The molecule has 0 aliphatic heterocycles. The van der Waals surface area contributed by atoms with E-state index in [0.29, 0.717) is 0 Å². The van der Waals surface area contributed by atoms with Gasteiger partial charge in [-0.2, -0.15) is 13.2 Å². The number of carbonyl (C=O) groups excluding carboxylic acids is 1. The number of hydrogen-bond acceptors (Lipinski definition) is 3. The van der Waals surface area contributed by atoms with Gasteiger partial charge >= 0.3 is 17.5 Å². The minimum absolute atomic E-state index is 0.185. The fourth-order valence-electron chi connectivity index (χ4n) is 1.17. The molecule has 0 aromatic carbocycles. The number of urea groups is 1. The summed E-state index contributed by atoms with van der Waals surface area (Å²) in [6.45, 7) is 4.22. The molecule has 0 radical (unpaired) electrons. The summed E-state index contributed by atoms with van der Waals surface area (Å²) in [6.07, 6.45) is 0. The molecule has 0 heterocycles. The summed E-state index contributed by atoms with van der Waals surface area (Å²) in [5.74, 6) is -1.50. The molecule has 0 aromatic rings. The third-order valence-electron chi connectivity index (χ3n) is 1.99. The van der Waals surface area contributed by atoms with Crippen molar-refractivity contribution in [2.75, 3.05) is 18.8 Å². The van der Waals surface area contributed by atoms with Gasteiger partial charge in [0.25, 0.3) is 0 Å². The van der Waals surface area contributed by atoms with E-state index in [4.69, 9.17) is 5.11 Å². The SMILES string of the molecule is CC(C)(C)N(CC(=O)O)C(=O)NCCSC(F)(F)F. The lowest BCUT2D eigenvalue weighted by Gasteiger charge is -2.34. The first-order chi connectivity index (χ1) is 8.43. The average molecular weight is 302 g/mol. The van der Waals surface area contributed by atoms with Crippen molar-refractivity contribution >= 4 is 23.8 Å². The van der Waals surface area contributed by atoms with Crippen LogP contribution in [0, 0.1) is 0 Å². The van der Waals surface area contributed by atoms with Crippen molar-refractivity contribution in [3.8, 4) is 0 Å². The lowest BCUT2D eigenvalue weighted by atomic mass is 10.1. The summed E-state index contributed by atoms with van der Waals surface area (Å²) < 4.78 is 35.6. The molecule has 9 heteroatoms. The van der Waals surface area contributed by atoms with Crippen LogP contribution >= 0.6 is 11.8 Å². The molecular weight excluding hydrogens is 285 g/mol. The van der Waals surface area contributed by atoms with E-state index in [0.717, 1.165) is 4.90 Å². The number of aliphatic carboxylic acids is 1. The van der Waals surface area contributed by atoms with E-state index in [2.05, 4.69) is 5.32 Å². The van der Waals surface area contributed by atoms with Crippen molar-refractivity contribution in [3.05, 3.63) is 0 Å². The molecule has 0 rings (SSSR count). The van der Waals surface area contributed by atoms with Gasteiger partial charge in [0.1, 0.15) is 6.54 Å². The van der Waals surface area contributed by atoms with E-state index in [1.807, 2.05) is 0 Å². The second-order valence-corrected chi connectivity index (χ2v) is 5.84. The second-order valence-electron chi connectivity index (χ2n) is 4.68. The number of halogens is 3. The zero-order valence-corrected chi connectivity index (χ0v) is 11.7. The van der Waals surface area contributed by atoms with Gasteiger partial charge in [-0.15, -0.1) is 0 Å². The van der Waals surface area contributed by atoms with Gasteiger partial charge in [0.15, 0.2) is 0 Å². The Morgan fingerprint density at radius 1 is 1.26 bits per heavy atom. The van der Waals surface area contributed by atoms with Gasteiger partial charge in [0.05, 0.1) is 0 Å². The predicted octanol–water partition coefficient (Wildman–Crippen LogP) is 2.13. The summed E-state index contributed by atoms with van der Waals surface area (Å²) in [6, 6.07) is -0.697. The molecule has 0 fully saturated rings. The van der Waals surface area contributed by atoms with Gasteiger partial charge in [0.2, 0.25) is 0 Å². The van der Waals surface area contributed by atoms with Gasteiger partial charge in [-0.3, -0.25) is 4.79 Å². The highest BCUT2D eigenvalue weighted by Gasteiger charge is 2.29. The zero-order chi connectivity index (χ0) is 15.3. The van der Waals surface area contributed by atoms with E-state index < -0.39 is 29.6 Å². The fourth-order valence-corrected chi connectivity index (χ4v) is 1.60. The Kier molecular flexibility index (Phi) is 6.47. The molecule has 0 aliphatic rings. The Labute approximate surface area is 113 Å². The summed E-state index contributed by atoms with van der Waals surface area (Å²) in [5.41, 5.74) is -5.07. The third-order valence-corrected chi connectivity index (χ3v) is 2.73. The molecule has 19 heavy (non-hydrogen) atoms. The van der Waals surface area contributed by atoms with Crippen molar-refractivity contribution in [1.82, 2.24) is 10.2 Å². The van der Waals surface area contributed by atoms with Crippen molar-refractivity contribution in [2.24, 2.45) is 0 Å². The van der Waals surface area contributed by atoms with Crippen LogP contribution in [0.15, 0.2) is 0 Å². The van der Waals surface area contributed by atoms with Crippen molar-refractivity contribution in [2.45, 2.75) is 31.8 Å².